The number of nitrogens with zero attached hydrogens (tertiary/aromatic N) is 1. The maximum atomic E-state index is 13.7. The van der Waals surface area contributed by atoms with Crippen LogP contribution in [0.1, 0.15) is 38.0 Å². The van der Waals surface area contributed by atoms with Crippen LogP contribution in [0.15, 0.2) is 53.9 Å². The van der Waals surface area contributed by atoms with Crippen LogP contribution in [-0.4, -0.2) is 31.6 Å². The van der Waals surface area contributed by atoms with Gasteiger partial charge < -0.3 is 14.4 Å². The zero-order valence-corrected chi connectivity index (χ0v) is 17.1. The van der Waals surface area contributed by atoms with E-state index < -0.39 is 0 Å². The summed E-state index contributed by atoms with van der Waals surface area (Å²) >= 11 is 1.76. The molecule has 0 N–H and O–H groups in total. The molecule has 2 heterocycles. The highest BCUT2D eigenvalue weighted by molar-refractivity contribution is 7.10. The Hall–Kier alpha value is -2.79. The van der Waals surface area contributed by atoms with Crippen LogP contribution in [0, 0.1) is 6.92 Å². The zero-order valence-electron chi connectivity index (χ0n) is 16.3. The summed E-state index contributed by atoms with van der Waals surface area (Å²) in [5.74, 6) is 0.989. The van der Waals surface area contributed by atoms with Crippen LogP contribution in [0.25, 0.3) is 0 Å². The fourth-order valence-corrected chi connectivity index (χ4v) is 4.75. The molecule has 1 atom stereocenters. The van der Waals surface area contributed by atoms with E-state index in [0.29, 0.717) is 23.6 Å². The maximum absolute atomic E-state index is 13.7. The summed E-state index contributed by atoms with van der Waals surface area (Å²) in [5.41, 5.74) is 4.01. The lowest BCUT2D eigenvalue weighted by atomic mass is 9.92. The highest BCUT2D eigenvalue weighted by atomic mass is 32.1. The number of thiophene rings is 1. The molecule has 1 unspecified atom stereocenters. The summed E-state index contributed by atoms with van der Waals surface area (Å²) < 4.78 is 11.0. The van der Waals surface area contributed by atoms with Gasteiger partial charge in [-0.1, -0.05) is 35.9 Å². The van der Waals surface area contributed by atoms with Crippen molar-refractivity contribution >= 4 is 17.2 Å². The van der Waals surface area contributed by atoms with Crippen LogP contribution in [0.4, 0.5) is 0 Å². The molecule has 0 aliphatic carbocycles. The summed E-state index contributed by atoms with van der Waals surface area (Å²) in [7, 11) is 3.16. The van der Waals surface area contributed by atoms with E-state index in [1.807, 2.05) is 11.0 Å². The monoisotopic (exact) mass is 393 g/mol. The van der Waals surface area contributed by atoms with Crippen molar-refractivity contribution in [3.8, 4) is 11.5 Å². The van der Waals surface area contributed by atoms with Gasteiger partial charge in [-0.25, -0.2) is 0 Å². The van der Waals surface area contributed by atoms with E-state index in [1.54, 1.807) is 37.7 Å². The van der Waals surface area contributed by atoms with E-state index in [1.165, 1.54) is 16.0 Å². The Morgan fingerprint density at radius 3 is 2.36 bits per heavy atom. The molecule has 28 heavy (non-hydrogen) atoms. The molecule has 0 spiro atoms. The van der Waals surface area contributed by atoms with Crippen LogP contribution in [-0.2, 0) is 6.42 Å². The molecule has 0 saturated heterocycles. The highest BCUT2D eigenvalue weighted by Gasteiger charge is 2.35. The smallest absolute Gasteiger partial charge is 0.262 e. The minimum Gasteiger partial charge on any atom is -0.496 e. The van der Waals surface area contributed by atoms with E-state index in [9.17, 15) is 4.79 Å². The Labute approximate surface area is 169 Å². The fourth-order valence-electron chi connectivity index (χ4n) is 3.85. The molecular weight excluding hydrogens is 370 g/mol. The zero-order chi connectivity index (χ0) is 19.7. The number of rotatable bonds is 4. The molecule has 0 saturated carbocycles. The average molecular weight is 394 g/mol. The molecule has 0 fully saturated rings. The van der Waals surface area contributed by atoms with Gasteiger partial charge in [0.15, 0.2) is 0 Å². The van der Waals surface area contributed by atoms with Gasteiger partial charge >= 0.3 is 0 Å². The normalized spacial score (nSPS) is 15.8. The van der Waals surface area contributed by atoms with Crippen LogP contribution in [0.2, 0.25) is 0 Å². The number of aryl methyl sites for hydroxylation is 1. The van der Waals surface area contributed by atoms with Gasteiger partial charge in [-0.05, 0) is 48.1 Å². The summed E-state index contributed by atoms with van der Waals surface area (Å²) in [6.07, 6.45) is 0.860. The first kappa shape index (κ1) is 18.6. The van der Waals surface area contributed by atoms with Crippen molar-refractivity contribution in [2.24, 2.45) is 0 Å². The van der Waals surface area contributed by atoms with E-state index in [2.05, 4.69) is 42.6 Å². The molecule has 2 aromatic carbocycles. The molecule has 1 aliphatic rings. The van der Waals surface area contributed by atoms with Gasteiger partial charge in [0.2, 0.25) is 0 Å². The molecule has 1 aromatic heterocycles. The van der Waals surface area contributed by atoms with Crippen LogP contribution >= 0.6 is 11.3 Å². The number of carbonyl (C=O) groups is 1. The molecular formula is C23H23NO3S. The maximum Gasteiger partial charge on any atom is 0.262 e. The van der Waals surface area contributed by atoms with Gasteiger partial charge in [0, 0.05) is 11.4 Å². The lowest BCUT2D eigenvalue weighted by Gasteiger charge is -2.37. The first-order chi connectivity index (χ1) is 13.6. The van der Waals surface area contributed by atoms with Crippen molar-refractivity contribution in [1.29, 1.82) is 0 Å². The van der Waals surface area contributed by atoms with E-state index in [0.717, 1.165) is 12.0 Å². The van der Waals surface area contributed by atoms with Crippen molar-refractivity contribution in [3.05, 3.63) is 81.0 Å². The first-order valence-electron chi connectivity index (χ1n) is 9.29. The number of hydrogen-bond donors (Lipinski definition) is 0. The van der Waals surface area contributed by atoms with Gasteiger partial charge in [-0.15, -0.1) is 11.3 Å². The van der Waals surface area contributed by atoms with Crippen LogP contribution < -0.4 is 9.47 Å². The Morgan fingerprint density at radius 2 is 1.71 bits per heavy atom. The van der Waals surface area contributed by atoms with Crippen molar-refractivity contribution in [2.45, 2.75) is 19.4 Å². The van der Waals surface area contributed by atoms with Gasteiger partial charge in [0.1, 0.15) is 17.1 Å². The molecule has 0 radical (unpaired) electrons. The molecule has 0 bridgehead atoms. The Bertz CT molecular complexity index is 971. The van der Waals surface area contributed by atoms with Gasteiger partial charge in [0.25, 0.3) is 5.91 Å². The SMILES string of the molecule is COc1cccc(OC)c1C(=O)N1CCc2sccc2C1c1ccc(C)cc1. The second kappa shape index (κ2) is 7.68. The molecule has 5 heteroatoms. The van der Waals surface area contributed by atoms with E-state index in [-0.39, 0.29) is 11.9 Å². The topological polar surface area (TPSA) is 38.8 Å². The molecule has 4 nitrogen and oxygen atoms in total. The minimum atomic E-state index is -0.113. The number of methoxy groups -OCH3 is 2. The predicted octanol–water partition coefficient (Wildman–Crippen LogP) is 4.86. The second-order valence-electron chi connectivity index (χ2n) is 6.90. The molecule has 4 rings (SSSR count). The highest BCUT2D eigenvalue weighted by Crippen LogP contribution is 2.40. The lowest BCUT2D eigenvalue weighted by Crippen LogP contribution is -2.40. The summed E-state index contributed by atoms with van der Waals surface area (Å²) in [4.78, 5) is 17.0. The number of hydrogen-bond acceptors (Lipinski definition) is 4. The molecule has 144 valence electrons. The van der Waals surface area contributed by atoms with Crippen molar-refractivity contribution in [2.75, 3.05) is 20.8 Å². The largest absolute Gasteiger partial charge is 0.496 e. The fraction of sp³-hybridized carbons (Fsp3) is 0.261. The first-order valence-corrected chi connectivity index (χ1v) is 10.2. The second-order valence-corrected chi connectivity index (χ2v) is 7.90. The summed E-state index contributed by atoms with van der Waals surface area (Å²) in [6, 6.07) is 15.9. The Kier molecular flexibility index (Phi) is 5.09. The Morgan fingerprint density at radius 1 is 1.04 bits per heavy atom. The Balaban J connectivity index is 1.82. The van der Waals surface area contributed by atoms with Crippen LogP contribution in [0.3, 0.4) is 0 Å². The molecule has 3 aromatic rings. The van der Waals surface area contributed by atoms with E-state index >= 15 is 0 Å². The lowest BCUT2D eigenvalue weighted by molar-refractivity contribution is 0.0689. The number of carbonyl (C=O) groups excluding carboxylic acids is 1. The third-order valence-electron chi connectivity index (χ3n) is 5.26. The van der Waals surface area contributed by atoms with Crippen LogP contribution in [0.5, 0.6) is 11.5 Å². The third-order valence-corrected chi connectivity index (χ3v) is 6.26. The standard InChI is InChI=1S/C23H23NO3S/c1-15-7-9-16(10-8-15)22-17-12-14-28-20(17)11-13-24(22)23(25)21-18(26-2)5-4-6-19(21)27-3/h4-10,12,14,22H,11,13H2,1-3H3. The van der Waals surface area contributed by atoms with Gasteiger partial charge in [-0.2, -0.15) is 0 Å². The molecule has 1 aliphatic heterocycles. The van der Waals surface area contributed by atoms with Crippen molar-refractivity contribution < 1.29 is 14.3 Å². The molecule has 1 amide bonds. The number of fused-ring (bicyclic) bond motifs is 1. The number of amides is 1. The third kappa shape index (κ3) is 3.16. The summed E-state index contributed by atoms with van der Waals surface area (Å²) in [6.45, 7) is 2.73. The predicted molar refractivity (Wildman–Crippen MR) is 112 cm³/mol. The number of benzene rings is 2. The quantitative estimate of drug-likeness (QED) is 0.635. The van der Waals surface area contributed by atoms with Crippen molar-refractivity contribution in [3.63, 3.8) is 0 Å². The van der Waals surface area contributed by atoms with Gasteiger partial charge in [-0.3, -0.25) is 4.79 Å². The summed E-state index contributed by atoms with van der Waals surface area (Å²) in [5, 5.41) is 2.11. The number of ether oxygens (including phenoxy) is 2. The van der Waals surface area contributed by atoms with Gasteiger partial charge in [0.05, 0.1) is 20.3 Å². The minimum absolute atomic E-state index is 0.0725. The van der Waals surface area contributed by atoms with E-state index in [4.69, 9.17) is 9.47 Å². The average Bonchev–Trinajstić information content (AvgIpc) is 3.21. The van der Waals surface area contributed by atoms with Crippen molar-refractivity contribution in [1.82, 2.24) is 4.90 Å².